The largest absolute Gasteiger partial charge is 0.281 e. The van der Waals surface area contributed by atoms with Gasteiger partial charge in [-0.3, -0.25) is 4.79 Å². The van der Waals surface area contributed by atoms with Crippen LogP contribution in [-0.2, 0) is 4.79 Å². The van der Waals surface area contributed by atoms with Gasteiger partial charge in [0.25, 0.3) is 0 Å². The van der Waals surface area contributed by atoms with Gasteiger partial charge in [0.1, 0.15) is 0 Å². The summed E-state index contributed by atoms with van der Waals surface area (Å²) in [6.45, 7) is 3.95. The molecule has 0 radical (unpaired) electrons. The van der Waals surface area contributed by atoms with E-state index in [1.54, 1.807) is 0 Å². The van der Waals surface area contributed by atoms with Gasteiger partial charge in [0, 0.05) is 5.92 Å². The highest BCUT2D eigenvalue weighted by Crippen LogP contribution is 2.65. The van der Waals surface area contributed by atoms with Gasteiger partial charge in [-0.1, -0.05) is 53.0 Å². The zero-order valence-electron chi connectivity index (χ0n) is 7.53. The zero-order chi connectivity index (χ0) is 11.3. The van der Waals surface area contributed by atoms with Gasteiger partial charge in [-0.15, -0.1) is 0 Å². The van der Waals surface area contributed by atoms with Crippen LogP contribution >= 0.6 is 66.7 Å². The fourth-order valence-electron chi connectivity index (χ4n) is 1.86. The highest BCUT2D eigenvalue weighted by atomic mass is 79.9. The van der Waals surface area contributed by atoms with E-state index in [0.717, 1.165) is 0 Å². The first kappa shape index (κ1) is 13.6. The zero-order valence-corrected chi connectivity index (χ0v) is 13.0. The Morgan fingerprint density at radius 3 is 2.14 bits per heavy atom. The van der Waals surface area contributed by atoms with Crippen LogP contribution in [-0.4, -0.2) is 13.3 Å². The Hall–Kier alpha value is 1.50. The van der Waals surface area contributed by atoms with Gasteiger partial charge in [-0.05, 0) is 38.9 Å². The van der Waals surface area contributed by atoms with Crippen molar-refractivity contribution >= 4 is 71.9 Å². The second-order valence-electron chi connectivity index (χ2n) is 4.07. The molecule has 0 aliphatic heterocycles. The van der Waals surface area contributed by atoms with Crippen molar-refractivity contribution in [1.29, 1.82) is 0 Å². The molecular formula is C8H9Br2Cl3O. The van der Waals surface area contributed by atoms with Crippen LogP contribution in [0, 0.1) is 17.3 Å². The predicted molar refractivity (Wildman–Crippen MR) is 67.7 cm³/mol. The van der Waals surface area contributed by atoms with E-state index in [0.29, 0.717) is 0 Å². The lowest BCUT2D eigenvalue weighted by Crippen LogP contribution is -2.23. The van der Waals surface area contributed by atoms with Crippen LogP contribution in [0.4, 0.5) is 0 Å². The lowest BCUT2D eigenvalue weighted by molar-refractivity contribution is -0.113. The molecule has 0 aromatic heterocycles. The summed E-state index contributed by atoms with van der Waals surface area (Å²) >= 11 is 23.8. The summed E-state index contributed by atoms with van der Waals surface area (Å²) in [4.78, 5) is 10.9. The summed E-state index contributed by atoms with van der Waals surface area (Å²) in [6.07, 6.45) is 0. The fraction of sp³-hybridized carbons (Fsp3) is 0.875. The van der Waals surface area contributed by atoms with Gasteiger partial charge < -0.3 is 0 Å². The van der Waals surface area contributed by atoms with Crippen molar-refractivity contribution in [3.63, 3.8) is 0 Å². The molecule has 0 saturated heterocycles. The highest BCUT2D eigenvalue weighted by molar-refractivity contribution is 9.13. The lowest BCUT2D eigenvalue weighted by atomic mass is 10.1. The maximum atomic E-state index is 11.1. The minimum absolute atomic E-state index is 0.0573. The van der Waals surface area contributed by atoms with E-state index < -0.39 is 3.24 Å². The van der Waals surface area contributed by atoms with E-state index in [9.17, 15) is 4.79 Å². The van der Waals surface area contributed by atoms with Crippen molar-refractivity contribution in [2.24, 2.45) is 17.3 Å². The molecule has 0 spiro atoms. The Morgan fingerprint density at radius 2 is 1.93 bits per heavy atom. The lowest BCUT2D eigenvalue weighted by Gasteiger charge is -2.19. The normalized spacial score (nSPS) is 32.5. The molecule has 1 nitrogen and oxygen atoms in total. The van der Waals surface area contributed by atoms with Crippen molar-refractivity contribution < 1.29 is 4.79 Å². The Morgan fingerprint density at radius 1 is 1.50 bits per heavy atom. The maximum Gasteiger partial charge on any atom is 0.225 e. The van der Waals surface area contributed by atoms with Crippen LogP contribution in [0.15, 0.2) is 0 Å². The van der Waals surface area contributed by atoms with Crippen molar-refractivity contribution in [2.75, 3.05) is 0 Å². The van der Waals surface area contributed by atoms with E-state index in [-0.39, 0.29) is 27.3 Å². The van der Waals surface area contributed by atoms with Crippen LogP contribution in [0.5, 0.6) is 0 Å². The van der Waals surface area contributed by atoms with Crippen LogP contribution in [0.1, 0.15) is 13.8 Å². The Labute approximate surface area is 115 Å². The van der Waals surface area contributed by atoms with Crippen LogP contribution in [0.2, 0.25) is 0 Å². The molecule has 0 aromatic carbocycles. The van der Waals surface area contributed by atoms with E-state index in [1.165, 1.54) is 0 Å². The molecular weight excluding hydrogens is 378 g/mol. The molecule has 6 heteroatoms. The third-order valence-electron chi connectivity index (χ3n) is 2.78. The third kappa shape index (κ3) is 2.42. The number of carbonyl (C=O) groups is 1. The van der Waals surface area contributed by atoms with E-state index >= 15 is 0 Å². The summed E-state index contributed by atoms with van der Waals surface area (Å²) in [5.41, 5.74) is -0.143. The van der Waals surface area contributed by atoms with Crippen LogP contribution < -0.4 is 0 Å². The molecule has 1 fully saturated rings. The molecule has 0 heterocycles. The molecule has 0 N–H and O–H groups in total. The first-order chi connectivity index (χ1) is 6.10. The summed E-state index contributed by atoms with van der Waals surface area (Å²) in [5, 5.41) is -0.325. The second-order valence-corrected chi connectivity index (χ2v) is 8.98. The molecule has 14 heavy (non-hydrogen) atoms. The Balaban J connectivity index is 2.79. The minimum atomic E-state index is -1.07. The first-order valence-electron chi connectivity index (χ1n) is 4.00. The highest BCUT2D eigenvalue weighted by Gasteiger charge is 2.66. The smallest absolute Gasteiger partial charge is 0.225 e. The quantitative estimate of drug-likeness (QED) is 0.521. The van der Waals surface area contributed by atoms with Gasteiger partial charge in [0.05, 0.1) is 4.83 Å². The summed E-state index contributed by atoms with van der Waals surface area (Å²) in [7, 11) is 0. The van der Waals surface area contributed by atoms with Gasteiger partial charge in [-0.25, -0.2) is 0 Å². The van der Waals surface area contributed by atoms with Gasteiger partial charge in [0.15, 0.2) is 3.24 Å². The van der Waals surface area contributed by atoms with Crippen LogP contribution in [0.25, 0.3) is 0 Å². The number of hydrogen-bond acceptors (Lipinski definition) is 1. The molecule has 3 atom stereocenters. The number of halogens is 5. The molecule has 0 amide bonds. The average Bonchev–Trinajstić information content (AvgIpc) is 2.49. The summed E-state index contributed by atoms with van der Waals surface area (Å²) < 4.78 is -1.07. The van der Waals surface area contributed by atoms with Crippen molar-refractivity contribution in [1.82, 2.24) is 0 Å². The maximum absolute atomic E-state index is 11.1. The minimum Gasteiger partial charge on any atom is -0.281 e. The topological polar surface area (TPSA) is 17.1 Å². The number of alkyl halides is 4. The third-order valence-corrected chi connectivity index (χ3v) is 6.38. The van der Waals surface area contributed by atoms with Gasteiger partial charge >= 0.3 is 0 Å². The van der Waals surface area contributed by atoms with Crippen LogP contribution in [0.3, 0.4) is 0 Å². The SMILES string of the molecule is CC1(C)C(C(=O)Cl)C1C(Br)C(Cl)(Cl)Br. The summed E-state index contributed by atoms with van der Waals surface area (Å²) in [6, 6.07) is 0. The van der Waals surface area contributed by atoms with Crippen molar-refractivity contribution in [3.05, 3.63) is 0 Å². The molecule has 0 aromatic rings. The second kappa shape index (κ2) is 4.06. The Kier molecular flexibility index (Phi) is 3.94. The number of hydrogen-bond donors (Lipinski definition) is 0. The molecule has 1 aliphatic rings. The van der Waals surface area contributed by atoms with Gasteiger partial charge in [0.2, 0.25) is 5.24 Å². The monoisotopic (exact) mass is 384 g/mol. The molecule has 0 bridgehead atoms. The molecule has 1 saturated carbocycles. The standard InChI is InChI=1S/C8H9Br2Cl3O/c1-7(2)3(4(7)6(11)14)5(9)8(10,12)13/h3-5H,1-2H3. The number of carbonyl (C=O) groups excluding carboxylic acids is 1. The van der Waals surface area contributed by atoms with Crippen molar-refractivity contribution in [3.8, 4) is 0 Å². The predicted octanol–water partition coefficient (Wildman–Crippen LogP) is 4.31. The molecule has 1 aliphatic carbocycles. The van der Waals surface area contributed by atoms with E-state index in [4.69, 9.17) is 34.8 Å². The fourth-order valence-corrected chi connectivity index (χ4v) is 3.82. The molecule has 1 rings (SSSR count). The van der Waals surface area contributed by atoms with E-state index in [2.05, 4.69) is 31.9 Å². The van der Waals surface area contributed by atoms with Gasteiger partial charge in [-0.2, -0.15) is 0 Å². The van der Waals surface area contributed by atoms with Crippen molar-refractivity contribution in [2.45, 2.75) is 21.9 Å². The molecule has 3 unspecified atom stereocenters. The Bertz CT molecular complexity index is 262. The van der Waals surface area contributed by atoms with E-state index in [1.807, 2.05) is 13.8 Å². The number of rotatable bonds is 3. The first-order valence-corrected chi connectivity index (χ1v) is 6.84. The summed E-state index contributed by atoms with van der Waals surface area (Å²) in [5.74, 6) is -0.121. The average molecular weight is 387 g/mol. The molecule has 82 valence electrons.